The third-order valence-electron chi connectivity index (χ3n) is 4.52. The maximum absolute atomic E-state index is 12.7. The van der Waals surface area contributed by atoms with Gasteiger partial charge in [0.05, 0.1) is 12.2 Å². The Morgan fingerprint density at radius 2 is 1.88 bits per heavy atom. The summed E-state index contributed by atoms with van der Waals surface area (Å²) in [6, 6.07) is 10.1. The molecule has 2 aromatic rings. The summed E-state index contributed by atoms with van der Waals surface area (Å²) in [7, 11) is 3.64. The number of rotatable bonds is 9. The lowest BCUT2D eigenvalue weighted by Crippen LogP contribution is -2.42. The summed E-state index contributed by atoms with van der Waals surface area (Å²) in [4.78, 5) is 15.0. The van der Waals surface area contributed by atoms with Gasteiger partial charge in [-0.25, -0.2) is 0 Å². The van der Waals surface area contributed by atoms with Gasteiger partial charge in [-0.05, 0) is 25.7 Å². The second-order valence-electron chi connectivity index (χ2n) is 6.06. The fraction of sp³-hybridized carbons (Fsp3) is 0.474. The number of hydrogen-bond acceptors (Lipinski definition) is 4. The Bertz CT molecular complexity index is 651. The molecule has 1 aromatic carbocycles. The summed E-state index contributed by atoms with van der Waals surface area (Å²) in [6.45, 7) is 6.73. The Kier molecular flexibility index (Phi) is 7.16. The molecule has 2 unspecified atom stereocenters. The lowest BCUT2D eigenvalue weighted by Gasteiger charge is -2.30. The van der Waals surface area contributed by atoms with E-state index in [1.54, 1.807) is 17.9 Å². The predicted octanol–water partition coefficient (Wildman–Crippen LogP) is 1.88. The van der Waals surface area contributed by atoms with Gasteiger partial charge in [-0.3, -0.25) is 14.4 Å². The van der Waals surface area contributed by atoms with Gasteiger partial charge >= 0.3 is 0 Å². The van der Waals surface area contributed by atoms with Gasteiger partial charge in [0.25, 0.3) is 0 Å². The molecular formula is C19H29N5O. The fourth-order valence-electron chi connectivity index (χ4n) is 3.14. The summed E-state index contributed by atoms with van der Waals surface area (Å²) in [5, 5.41) is 10.3. The van der Waals surface area contributed by atoms with Crippen LogP contribution in [0.4, 0.5) is 0 Å². The van der Waals surface area contributed by atoms with Gasteiger partial charge in [0.15, 0.2) is 0 Å². The minimum Gasteiger partial charge on any atom is -0.353 e. The summed E-state index contributed by atoms with van der Waals surface area (Å²) in [6.07, 6.45) is 3.58. The minimum absolute atomic E-state index is 0.0383. The maximum Gasteiger partial charge on any atom is 0.241 e. The smallest absolute Gasteiger partial charge is 0.241 e. The van der Waals surface area contributed by atoms with Crippen LogP contribution in [0.3, 0.4) is 0 Å². The number of likely N-dealkylation sites (N-methyl/N-ethyl adjacent to an activating group) is 2. The number of benzene rings is 1. The lowest BCUT2D eigenvalue weighted by atomic mass is 10.0. The van der Waals surface area contributed by atoms with Crippen LogP contribution in [0.15, 0.2) is 42.7 Å². The van der Waals surface area contributed by atoms with E-state index in [9.17, 15) is 4.79 Å². The van der Waals surface area contributed by atoms with Gasteiger partial charge in [0.2, 0.25) is 5.91 Å². The molecule has 1 heterocycles. The van der Waals surface area contributed by atoms with Crippen LogP contribution in [0.1, 0.15) is 37.1 Å². The first-order chi connectivity index (χ1) is 12.1. The van der Waals surface area contributed by atoms with Crippen molar-refractivity contribution in [1.29, 1.82) is 0 Å². The van der Waals surface area contributed by atoms with Crippen molar-refractivity contribution in [2.75, 3.05) is 26.7 Å². The molecule has 0 saturated heterocycles. The first-order valence-corrected chi connectivity index (χ1v) is 8.83. The molecule has 2 atom stereocenters. The summed E-state index contributed by atoms with van der Waals surface area (Å²) >= 11 is 0. The highest BCUT2D eigenvalue weighted by atomic mass is 16.2. The van der Waals surface area contributed by atoms with Crippen molar-refractivity contribution in [1.82, 2.24) is 25.3 Å². The Balaban J connectivity index is 2.09. The van der Waals surface area contributed by atoms with Crippen molar-refractivity contribution in [2.24, 2.45) is 7.05 Å². The molecule has 2 rings (SSSR count). The topological polar surface area (TPSA) is 62.2 Å². The maximum atomic E-state index is 12.7. The number of carbonyl (C=O) groups is 1. The Morgan fingerprint density at radius 1 is 1.20 bits per heavy atom. The van der Waals surface area contributed by atoms with Crippen molar-refractivity contribution in [3.05, 3.63) is 53.9 Å². The monoisotopic (exact) mass is 343 g/mol. The second kappa shape index (κ2) is 9.34. The number of hydrogen-bond donors (Lipinski definition) is 2. The van der Waals surface area contributed by atoms with Crippen LogP contribution in [0, 0.1) is 0 Å². The van der Waals surface area contributed by atoms with E-state index in [0.29, 0.717) is 6.54 Å². The number of nitrogens with zero attached hydrogens (tertiary/aromatic N) is 3. The Labute approximate surface area is 150 Å². The van der Waals surface area contributed by atoms with Crippen molar-refractivity contribution in [2.45, 2.75) is 25.9 Å². The van der Waals surface area contributed by atoms with Crippen molar-refractivity contribution >= 4 is 5.91 Å². The normalized spacial score (nSPS) is 13.6. The van der Waals surface area contributed by atoms with E-state index in [1.807, 2.05) is 31.4 Å². The Hall–Kier alpha value is -2.18. The number of amides is 1. The molecule has 0 aliphatic heterocycles. The first-order valence-electron chi connectivity index (χ1n) is 8.83. The lowest BCUT2D eigenvalue weighted by molar-refractivity contribution is -0.123. The molecule has 0 fully saturated rings. The molecule has 0 bridgehead atoms. The molecule has 0 saturated carbocycles. The molecule has 6 nitrogen and oxygen atoms in total. The van der Waals surface area contributed by atoms with Crippen LogP contribution in [-0.2, 0) is 11.8 Å². The zero-order chi connectivity index (χ0) is 18.2. The molecule has 0 aliphatic rings. The standard InChI is InChI=1S/C19H29N5O/c1-5-24(6-2)17(15-10-8-7-9-11-15)13-21-19(25)18(20-3)16-12-22-23(4)14-16/h7-12,14,17-18,20H,5-6,13H2,1-4H3,(H,21,25). The van der Waals surface area contributed by atoms with Gasteiger partial charge < -0.3 is 10.6 Å². The van der Waals surface area contributed by atoms with Crippen molar-refractivity contribution < 1.29 is 4.79 Å². The number of nitrogens with one attached hydrogen (secondary N) is 2. The average molecular weight is 343 g/mol. The number of aryl methyl sites for hydroxylation is 1. The summed E-state index contributed by atoms with van der Waals surface area (Å²) in [5.74, 6) is -0.0383. The zero-order valence-electron chi connectivity index (χ0n) is 15.6. The van der Waals surface area contributed by atoms with Gasteiger partial charge in [-0.2, -0.15) is 5.10 Å². The largest absolute Gasteiger partial charge is 0.353 e. The van der Waals surface area contributed by atoms with Gasteiger partial charge in [-0.1, -0.05) is 44.2 Å². The van der Waals surface area contributed by atoms with E-state index in [4.69, 9.17) is 0 Å². The third kappa shape index (κ3) is 4.90. The SMILES string of the molecule is CCN(CC)C(CNC(=O)C(NC)c1cnn(C)c1)c1ccccc1. The van der Waals surface area contributed by atoms with E-state index < -0.39 is 6.04 Å². The van der Waals surface area contributed by atoms with Gasteiger partial charge in [0.1, 0.15) is 6.04 Å². The number of carbonyl (C=O) groups excluding carboxylic acids is 1. The van der Waals surface area contributed by atoms with Crippen LogP contribution < -0.4 is 10.6 Å². The Morgan fingerprint density at radius 3 is 2.40 bits per heavy atom. The molecule has 6 heteroatoms. The molecule has 25 heavy (non-hydrogen) atoms. The van der Waals surface area contributed by atoms with Crippen molar-refractivity contribution in [3.8, 4) is 0 Å². The predicted molar refractivity (Wildman–Crippen MR) is 100 cm³/mol. The highest BCUT2D eigenvalue weighted by molar-refractivity contribution is 5.83. The second-order valence-corrected chi connectivity index (χ2v) is 6.06. The first kappa shape index (κ1) is 19.1. The molecule has 1 amide bonds. The molecule has 1 aromatic heterocycles. The summed E-state index contributed by atoms with van der Waals surface area (Å²) < 4.78 is 1.70. The van der Waals surface area contributed by atoms with Crippen LogP contribution in [0.25, 0.3) is 0 Å². The van der Waals surface area contributed by atoms with E-state index in [1.165, 1.54) is 5.56 Å². The quantitative estimate of drug-likeness (QED) is 0.730. The minimum atomic E-state index is -0.401. The molecule has 0 radical (unpaired) electrons. The number of aromatic nitrogens is 2. The highest BCUT2D eigenvalue weighted by Gasteiger charge is 2.23. The molecule has 2 N–H and O–H groups in total. The highest BCUT2D eigenvalue weighted by Crippen LogP contribution is 2.20. The third-order valence-corrected chi connectivity index (χ3v) is 4.52. The van der Waals surface area contributed by atoms with Crippen LogP contribution in [0.2, 0.25) is 0 Å². The molecule has 136 valence electrons. The van der Waals surface area contributed by atoms with Crippen LogP contribution in [0.5, 0.6) is 0 Å². The molecule has 0 spiro atoms. The van der Waals surface area contributed by atoms with E-state index >= 15 is 0 Å². The zero-order valence-corrected chi connectivity index (χ0v) is 15.6. The average Bonchev–Trinajstić information content (AvgIpc) is 3.06. The van der Waals surface area contributed by atoms with E-state index in [-0.39, 0.29) is 11.9 Å². The van der Waals surface area contributed by atoms with E-state index in [2.05, 4.69) is 46.6 Å². The summed E-state index contributed by atoms with van der Waals surface area (Å²) in [5.41, 5.74) is 2.08. The van der Waals surface area contributed by atoms with Crippen molar-refractivity contribution in [3.63, 3.8) is 0 Å². The van der Waals surface area contributed by atoms with Crippen LogP contribution >= 0.6 is 0 Å². The van der Waals surface area contributed by atoms with Gasteiger partial charge in [0, 0.05) is 25.4 Å². The van der Waals surface area contributed by atoms with Gasteiger partial charge in [-0.15, -0.1) is 0 Å². The molecular weight excluding hydrogens is 314 g/mol. The molecule has 0 aliphatic carbocycles. The fourth-order valence-corrected chi connectivity index (χ4v) is 3.14. The van der Waals surface area contributed by atoms with Crippen LogP contribution in [-0.4, -0.2) is 47.3 Å². The van der Waals surface area contributed by atoms with E-state index in [0.717, 1.165) is 18.7 Å².